The predicted molar refractivity (Wildman–Crippen MR) is 81.7 cm³/mol. The summed E-state index contributed by atoms with van der Waals surface area (Å²) in [5, 5.41) is 6.85. The molecular weight excluding hydrogens is 323 g/mol. The van der Waals surface area contributed by atoms with Crippen molar-refractivity contribution >= 4 is 10.0 Å². The molecule has 2 N–H and O–H groups in total. The van der Waals surface area contributed by atoms with Crippen LogP contribution in [0.15, 0.2) is 33.7 Å². The molecule has 0 aliphatic carbocycles. The molecule has 0 saturated carbocycles. The molecule has 0 aliphatic rings. The van der Waals surface area contributed by atoms with Crippen LogP contribution in [0.1, 0.15) is 31.6 Å². The second kappa shape index (κ2) is 7.16. The predicted octanol–water partition coefficient (Wildman–Crippen LogP) is 1.40. The molecule has 0 aliphatic heterocycles. The molecule has 7 nitrogen and oxygen atoms in total. The molecule has 23 heavy (non-hydrogen) atoms. The Bertz CT molecular complexity index is 763. The smallest absolute Gasteiger partial charge is 0.244 e. The molecule has 2 atom stereocenters. The largest absolute Gasteiger partial charge is 0.338 e. The van der Waals surface area contributed by atoms with E-state index in [1.807, 2.05) is 14.0 Å². The first-order valence-corrected chi connectivity index (χ1v) is 8.58. The van der Waals surface area contributed by atoms with Crippen LogP contribution in [0.3, 0.4) is 0 Å². The molecule has 0 spiro atoms. The minimum Gasteiger partial charge on any atom is -0.338 e. The van der Waals surface area contributed by atoms with Gasteiger partial charge in [0.15, 0.2) is 5.82 Å². The minimum absolute atomic E-state index is 0.128. The Labute approximate surface area is 134 Å². The van der Waals surface area contributed by atoms with Gasteiger partial charge in [0.1, 0.15) is 10.7 Å². The summed E-state index contributed by atoms with van der Waals surface area (Å²) in [7, 11) is -2.21. The number of benzene rings is 1. The number of hydrogen-bond donors (Lipinski definition) is 2. The molecule has 2 unspecified atom stereocenters. The van der Waals surface area contributed by atoms with Gasteiger partial charge in [-0.15, -0.1) is 0 Å². The average Bonchev–Trinajstić information content (AvgIpc) is 2.95. The van der Waals surface area contributed by atoms with Crippen molar-refractivity contribution in [2.24, 2.45) is 0 Å². The first kappa shape index (κ1) is 17.5. The van der Waals surface area contributed by atoms with Crippen LogP contribution in [0.4, 0.5) is 4.39 Å². The van der Waals surface area contributed by atoms with Crippen molar-refractivity contribution in [3.63, 3.8) is 0 Å². The Kier molecular flexibility index (Phi) is 5.45. The van der Waals surface area contributed by atoms with Gasteiger partial charge in [0.25, 0.3) is 0 Å². The molecule has 2 aromatic rings. The highest BCUT2D eigenvalue weighted by atomic mass is 32.2. The van der Waals surface area contributed by atoms with Crippen LogP contribution < -0.4 is 10.0 Å². The van der Waals surface area contributed by atoms with Gasteiger partial charge in [-0.3, -0.25) is 0 Å². The molecule has 0 saturated heterocycles. The number of nitrogens with one attached hydrogen (secondary N) is 2. The number of sulfonamides is 1. The van der Waals surface area contributed by atoms with Gasteiger partial charge in [-0.05, 0) is 33.0 Å². The summed E-state index contributed by atoms with van der Waals surface area (Å²) in [6.07, 6.45) is 0.548. The summed E-state index contributed by atoms with van der Waals surface area (Å²) in [5.74, 6) is -0.219. The van der Waals surface area contributed by atoms with E-state index in [9.17, 15) is 12.8 Å². The first-order valence-electron chi connectivity index (χ1n) is 7.10. The van der Waals surface area contributed by atoms with Crippen molar-refractivity contribution in [3.8, 4) is 0 Å². The number of halogens is 1. The summed E-state index contributed by atoms with van der Waals surface area (Å²) >= 11 is 0. The van der Waals surface area contributed by atoms with Crippen LogP contribution in [0.25, 0.3) is 0 Å². The highest BCUT2D eigenvalue weighted by molar-refractivity contribution is 7.89. The van der Waals surface area contributed by atoms with Crippen LogP contribution in [0.2, 0.25) is 0 Å². The third kappa shape index (κ3) is 4.34. The third-order valence-electron chi connectivity index (χ3n) is 3.29. The topological polar surface area (TPSA) is 97.1 Å². The van der Waals surface area contributed by atoms with Gasteiger partial charge in [-0.25, -0.2) is 12.8 Å². The van der Waals surface area contributed by atoms with Crippen LogP contribution in [0.5, 0.6) is 0 Å². The summed E-state index contributed by atoms with van der Waals surface area (Å²) < 4.78 is 45.5. The van der Waals surface area contributed by atoms with Gasteiger partial charge in [0.2, 0.25) is 15.9 Å². The van der Waals surface area contributed by atoms with E-state index in [-0.39, 0.29) is 11.9 Å². The zero-order valence-electron chi connectivity index (χ0n) is 13.1. The second-order valence-corrected chi connectivity index (χ2v) is 6.90. The van der Waals surface area contributed by atoms with Crippen LogP contribution >= 0.6 is 0 Å². The van der Waals surface area contributed by atoms with Crippen molar-refractivity contribution in [2.45, 2.75) is 37.2 Å². The van der Waals surface area contributed by atoms with E-state index in [4.69, 9.17) is 4.52 Å². The Hall–Kier alpha value is -1.84. The quantitative estimate of drug-likeness (QED) is 0.789. The number of aromatic nitrogens is 2. The fourth-order valence-electron chi connectivity index (χ4n) is 1.91. The lowest BCUT2D eigenvalue weighted by Gasteiger charge is -2.11. The maximum Gasteiger partial charge on any atom is 0.244 e. The highest BCUT2D eigenvalue weighted by Gasteiger charge is 2.24. The van der Waals surface area contributed by atoms with Gasteiger partial charge in [-0.1, -0.05) is 17.3 Å². The summed E-state index contributed by atoms with van der Waals surface area (Å²) in [6, 6.07) is 4.54. The summed E-state index contributed by atoms with van der Waals surface area (Å²) in [5.41, 5.74) is 0. The standard InChI is InChI=1S/C14H19FN4O3S/c1-9(16-3)8-13-17-14(22-18-13)10(2)19-23(20,21)12-7-5-4-6-11(12)15/h4-7,9-10,16,19H,8H2,1-3H3. The van der Waals surface area contributed by atoms with E-state index in [2.05, 4.69) is 20.2 Å². The van der Waals surface area contributed by atoms with Crippen molar-refractivity contribution < 1.29 is 17.3 Å². The monoisotopic (exact) mass is 342 g/mol. The Morgan fingerprint density at radius 2 is 2.00 bits per heavy atom. The molecule has 9 heteroatoms. The summed E-state index contributed by atoms with van der Waals surface area (Å²) in [6.45, 7) is 3.51. The lowest BCUT2D eigenvalue weighted by atomic mass is 10.2. The van der Waals surface area contributed by atoms with Gasteiger partial charge < -0.3 is 9.84 Å². The first-order chi connectivity index (χ1) is 10.8. The Morgan fingerprint density at radius 1 is 1.30 bits per heavy atom. The lowest BCUT2D eigenvalue weighted by molar-refractivity contribution is 0.348. The maximum absolute atomic E-state index is 13.6. The summed E-state index contributed by atoms with van der Waals surface area (Å²) in [4.78, 5) is 3.74. The van der Waals surface area contributed by atoms with E-state index in [1.54, 1.807) is 6.92 Å². The SMILES string of the molecule is CNC(C)Cc1noc(C(C)NS(=O)(=O)c2ccccc2F)n1. The second-order valence-electron chi connectivity index (χ2n) is 5.22. The molecule has 1 heterocycles. The molecular formula is C14H19FN4O3S. The number of likely N-dealkylation sites (N-methyl/N-ethyl adjacent to an activating group) is 1. The van der Waals surface area contributed by atoms with Crippen molar-refractivity contribution in [3.05, 3.63) is 41.8 Å². The highest BCUT2D eigenvalue weighted by Crippen LogP contribution is 2.18. The van der Waals surface area contributed by atoms with Gasteiger partial charge >= 0.3 is 0 Å². The van der Waals surface area contributed by atoms with E-state index in [1.165, 1.54) is 18.2 Å². The molecule has 0 bridgehead atoms. The van der Waals surface area contributed by atoms with Crippen LogP contribution in [0, 0.1) is 5.82 Å². The van der Waals surface area contributed by atoms with Crippen molar-refractivity contribution in [1.82, 2.24) is 20.2 Å². The van der Waals surface area contributed by atoms with Gasteiger partial charge in [-0.2, -0.15) is 9.71 Å². The lowest BCUT2D eigenvalue weighted by Crippen LogP contribution is -2.28. The van der Waals surface area contributed by atoms with E-state index >= 15 is 0 Å². The fourth-order valence-corrected chi connectivity index (χ4v) is 3.19. The van der Waals surface area contributed by atoms with Crippen molar-refractivity contribution in [1.29, 1.82) is 0 Å². The van der Waals surface area contributed by atoms with Crippen LogP contribution in [-0.4, -0.2) is 31.6 Å². The third-order valence-corrected chi connectivity index (χ3v) is 4.87. The van der Waals surface area contributed by atoms with Crippen LogP contribution in [-0.2, 0) is 16.4 Å². The van der Waals surface area contributed by atoms with Gasteiger partial charge in [0.05, 0.1) is 6.04 Å². The molecule has 0 amide bonds. The van der Waals surface area contributed by atoms with Gasteiger partial charge in [0, 0.05) is 12.5 Å². The maximum atomic E-state index is 13.6. The molecule has 126 valence electrons. The molecule has 1 aromatic heterocycles. The number of hydrogen-bond acceptors (Lipinski definition) is 6. The molecule has 0 radical (unpaired) electrons. The number of rotatable bonds is 7. The minimum atomic E-state index is -4.02. The molecule has 0 fully saturated rings. The van der Waals surface area contributed by atoms with Crippen molar-refractivity contribution in [2.75, 3.05) is 7.05 Å². The zero-order chi connectivity index (χ0) is 17.0. The average molecular weight is 342 g/mol. The molecule has 1 aromatic carbocycles. The van der Waals surface area contributed by atoms with E-state index < -0.39 is 26.8 Å². The van der Waals surface area contributed by atoms with E-state index in [0.717, 1.165) is 6.07 Å². The zero-order valence-corrected chi connectivity index (χ0v) is 13.9. The number of nitrogens with zero attached hydrogens (tertiary/aromatic N) is 2. The Balaban J connectivity index is 2.12. The normalized spacial score (nSPS) is 14.6. The molecule has 2 rings (SSSR count). The Morgan fingerprint density at radius 3 is 2.65 bits per heavy atom. The fraction of sp³-hybridized carbons (Fsp3) is 0.429. The van der Waals surface area contributed by atoms with E-state index in [0.29, 0.717) is 12.2 Å².